The molecule has 0 aliphatic carbocycles. The number of thiophene rings is 1. The monoisotopic (exact) mass is 359 g/mol. The van der Waals surface area contributed by atoms with Gasteiger partial charge in [-0.1, -0.05) is 18.2 Å². The molecule has 0 saturated carbocycles. The third kappa shape index (κ3) is 4.36. The minimum absolute atomic E-state index is 0.00337. The normalized spacial score (nSPS) is 12.2. The van der Waals surface area contributed by atoms with Crippen LogP contribution in [0.25, 0.3) is 10.1 Å². The highest BCUT2D eigenvalue weighted by atomic mass is 32.2. The van der Waals surface area contributed by atoms with Crippen LogP contribution in [0.1, 0.15) is 12.5 Å². The predicted octanol–water partition coefficient (Wildman–Crippen LogP) is 4.88. The number of rotatable bonds is 6. The maximum absolute atomic E-state index is 12.9. The summed E-state index contributed by atoms with van der Waals surface area (Å²) in [5.74, 6) is 0.0668. The SMILES string of the molecule is CC(Cc1csc2ccccc12)NC(=O)CSc1ccc(F)cc1. The topological polar surface area (TPSA) is 29.1 Å². The van der Waals surface area contributed by atoms with E-state index in [1.807, 2.05) is 19.1 Å². The smallest absolute Gasteiger partial charge is 0.230 e. The maximum Gasteiger partial charge on any atom is 0.230 e. The molecule has 2 aromatic carbocycles. The highest BCUT2D eigenvalue weighted by molar-refractivity contribution is 8.00. The van der Waals surface area contributed by atoms with Crippen LogP contribution in [0.4, 0.5) is 4.39 Å². The van der Waals surface area contributed by atoms with Gasteiger partial charge in [0.2, 0.25) is 5.91 Å². The van der Waals surface area contributed by atoms with Gasteiger partial charge < -0.3 is 5.32 Å². The van der Waals surface area contributed by atoms with Gasteiger partial charge in [0.25, 0.3) is 0 Å². The van der Waals surface area contributed by atoms with Crippen molar-refractivity contribution >= 4 is 39.1 Å². The number of carbonyl (C=O) groups excluding carboxylic acids is 1. The molecule has 0 bridgehead atoms. The van der Waals surface area contributed by atoms with Crippen molar-refractivity contribution in [2.24, 2.45) is 0 Å². The molecule has 124 valence electrons. The van der Waals surface area contributed by atoms with E-state index in [2.05, 4.69) is 22.8 Å². The van der Waals surface area contributed by atoms with Gasteiger partial charge in [0.15, 0.2) is 0 Å². The first kappa shape index (κ1) is 17.0. The van der Waals surface area contributed by atoms with Gasteiger partial charge in [0.1, 0.15) is 5.82 Å². The van der Waals surface area contributed by atoms with Gasteiger partial charge in [-0.05, 0) is 60.0 Å². The van der Waals surface area contributed by atoms with E-state index in [9.17, 15) is 9.18 Å². The Hall–Kier alpha value is -1.85. The third-order valence-electron chi connectivity index (χ3n) is 3.68. The molecule has 3 rings (SSSR count). The molecule has 1 unspecified atom stereocenters. The van der Waals surface area contributed by atoms with E-state index >= 15 is 0 Å². The van der Waals surface area contributed by atoms with E-state index in [0.717, 1.165) is 11.3 Å². The van der Waals surface area contributed by atoms with E-state index in [4.69, 9.17) is 0 Å². The highest BCUT2D eigenvalue weighted by Crippen LogP contribution is 2.26. The van der Waals surface area contributed by atoms with Crippen LogP contribution in [0.3, 0.4) is 0 Å². The predicted molar refractivity (Wildman–Crippen MR) is 100 cm³/mol. The molecule has 0 fully saturated rings. The summed E-state index contributed by atoms with van der Waals surface area (Å²) in [6.45, 7) is 2.02. The number of benzene rings is 2. The first-order valence-corrected chi connectivity index (χ1v) is 9.61. The van der Waals surface area contributed by atoms with E-state index in [1.54, 1.807) is 23.5 Å². The molecule has 0 aliphatic rings. The summed E-state index contributed by atoms with van der Waals surface area (Å²) in [7, 11) is 0. The highest BCUT2D eigenvalue weighted by Gasteiger charge is 2.11. The molecule has 3 aromatic rings. The number of thioether (sulfide) groups is 1. The molecule has 0 spiro atoms. The fraction of sp³-hybridized carbons (Fsp3) is 0.211. The zero-order valence-corrected chi connectivity index (χ0v) is 14.9. The van der Waals surface area contributed by atoms with Crippen LogP contribution in [0.15, 0.2) is 58.8 Å². The quantitative estimate of drug-likeness (QED) is 0.636. The van der Waals surface area contributed by atoms with Gasteiger partial charge in [0, 0.05) is 15.6 Å². The Bertz CT molecular complexity index is 829. The van der Waals surface area contributed by atoms with Gasteiger partial charge in [0.05, 0.1) is 5.75 Å². The second-order valence-corrected chi connectivity index (χ2v) is 7.63. The molecule has 5 heteroatoms. The first-order valence-electron chi connectivity index (χ1n) is 7.74. The van der Waals surface area contributed by atoms with Crippen molar-refractivity contribution in [1.29, 1.82) is 0 Å². The van der Waals surface area contributed by atoms with Crippen molar-refractivity contribution in [2.45, 2.75) is 24.3 Å². The van der Waals surface area contributed by atoms with Crippen LogP contribution < -0.4 is 5.32 Å². The van der Waals surface area contributed by atoms with E-state index in [1.165, 1.54) is 39.5 Å². The Morgan fingerprint density at radius 2 is 1.96 bits per heavy atom. The van der Waals surface area contributed by atoms with Crippen LogP contribution in [0, 0.1) is 5.82 Å². The molecule has 1 atom stereocenters. The number of hydrogen-bond donors (Lipinski definition) is 1. The van der Waals surface area contributed by atoms with E-state index in [-0.39, 0.29) is 17.8 Å². The van der Waals surface area contributed by atoms with Crippen molar-refractivity contribution in [2.75, 3.05) is 5.75 Å². The summed E-state index contributed by atoms with van der Waals surface area (Å²) in [5.41, 5.74) is 1.27. The summed E-state index contributed by atoms with van der Waals surface area (Å²) in [6.07, 6.45) is 0.816. The molecule has 2 nitrogen and oxygen atoms in total. The van der Waals surface area contributed by atoms with Crippen molar-refractivity contribution < 1.29 is 9.18 Å². The summed E-state index contributed by atoms with van der Waals surface area (Å²) < 4.78 is 14.1. The fourth-order valence-electron chi connectivity index (χ4n) is 2.57. The third-order valence-corrected chi connectivity index (χ3v) is 5.70. The Morgan fingerprint density at radius 1 is 1.21 bits per heavy atom. The maximum atomic E-state index is 12.9. The van der Waals surface area contributed by atoms with Crippen LogP contribution >= 0.6 is 23.1 Å². The zero-order chi connectivity index (χ0) is 16.9. The van der Waals surface area contributed by atoms with E-state index < -0.39 is 0 Å². The molecule has 1 aromatic heterocycles. The lowest BCUT2D eigenvalue weighted by Gasteiger charge is -2.13. The fourth-order valence-corrected chi connectivity index (χ4v) is 4.25. The summed E-state index contributed by atoms with van der Waals surface area (Å²) >= 11 is 3.15. The molecule has 0 aliphatic heterocycles. The minimum Gasteiger partial charge on any atom is -0.353 e. The van der Waals surface area contributed by atoms with Crippen molar-refractivity contribution in [3.05, 3.63) is 65.3 Å². The van der Waals surface area contributed by atoms with Crippen LogP contribution in [-0.4, -0.2) is 17.7 Å². The van der Waals surface area contributed by atoms with Gasteiger partial charge in [-0.2, -0.15) is 0 Å². The number of fused-ring (bicyclic) bond motifs is 1. The Labute approximate surface area is 149 Å². The van der Waals surface area contributed by atoms with Crippen LogP contribution in [0.5, 0.6) is 0 Å². The Morgan fingerprint density at radius 3 is 2.75 bits per heavy atom. The number of halogens is 1. The average molecular weight is 359 g/mol. The molecule has 1 heterocycles. The minimum atomic E-state index is -0.264. The van der Waals surface area contributed by atoms with Gasteiger partial charge in [-0.3, -0.25) is 4.79 Å². The van der Waals surface area contributed by atoms with Gasteiger partial charge in [-0.15, -0.1) is 23.1 Å². The molecule has 1 N–H and O–H groups in total. The number of nitrogens with one attached hydrogen (secondary N) is 1. The lowest BCUT2D eigenvalue weighted by molar-refractivity contribution is -0.119. The number of carbonyl (C=O) groups is 1. The lowest BCUT2D eigenvalue weighted by Crippen LogP contribution is -2.35. The number of hydrogen-bond acceptors (Lipinski definition) is 3. The molecular formula is C19H18FNOS2. The molecular weight excluding hydrogens is 341 g/mol. The Balaban J connectivity index is 1.51. The average Bonchev–Trinajstić information content (AvgIpc) is 2.97. The lowest BCUT2D eigenvalue weighted by atomic mass is 10.1. The van der Waals surface area contributed by atoms with Gasteiger partial charge >= 0.3 is 0 Å². The first-order chi connectivity index (χ1) is 11.6. The van der Waals surface area contributed by atoms with E-state index in [0.29, 0.717) is 5.75 Å². The zero-order valence-electron chi connectivity index (χ0n) is 13.3. The Kier molecular flexibility index (Phi) is 5.53. The second-order valence-electron chi connectivity index (χ2n) is 5.67. The number of amides is 1. The summed E-state index contributed by atoms with van der Waals surface area (Å²) in [4.78, 5) is 13.0. The van der Waals surface area contributed by atoms with Crippen LogP contribution in [0.2, 0.25) is 0 Å². The van der Waals surface area contributed by atoms with Crippen LogP contribution in [-0.2, 0) is 11.2 Å². The second kappa shape index (κ2) is 7.81. The largest absolute Gasteiger partial charge is 0.353 e. The standard InChI is InChI=1S/C19H18FNOS2/c1-13(10-14-11-24-18-5-3-2-4-17(14)18)21-19(22)12-23-16-8-6-15(20)7-9-16/h2-9,11,13H,10,12H2,1H3,(H,21,22). The molecule has 0 radical (unpaired) electrons. The molecule has 24 heavy (non-hydrogen) atoms. The summed E-state index contributed by atoms with van der Waals surface area (Å²) in [6, 6.07) is 14.6. The van der Waals surface area contributed by atoms with Crippen molar-refractivity contribution in [3.63, 3.8) is 0 Å². The van der Waals surface area contributed by atoms with Gasteiger partial charge in [-0.25, -0.2) is 4.39 Å². The van der Waals surface area contributed by atoms with Crippen molar-refractivity contribution in [3.8, 4) is 0 Å². The molecule has 1 amide bonds. The van der Waals surface area contributed by atoms with Crippen molar-refractivity contribution in [1.82, 2.24) is 5.32 Å². The molecule has 0 saturated heterocycles. The summed E-state index contributed by atoms with van der Waals surface area (Å²) in [5, 5.41) is 6.47.